The summed E-state index contributed by atoms with van der Waals surface area (Å²) in [5, 5.41) is 20.7. The van der Waals surface area contributed by atoms with Crippen LogP contribution in [-0.2, 0) is 6.54 Å². The number of halogens is 1. The van der Waals surface area contributed by atoms with Crippen LogP contribution in [0.4, 0.5) is 0 Å². The number of β-amino-alcohol motifs (C(OH)–C–C–N with tert-alkyl or cyclic N) is 1. The standard InChI is InChI=1S/C10H14BrNO2S/c11-10-7(1-2-15-10)3-12-4-8(6-13)9(14)5-12/h1-2,8-9,13-14H,3-6H2. The monoisotopic (exact) mass is 291 g/mol. The van der Waals surface area contributed by atoms with Gasteiger partial charge in [-0.3, -0.25) is 4.90 Å². The number of nitrogens with zero attached hydrogens (tertiary/aromatic N) is 1. The quantitative estimate of drug-likeness (QED) is 0.882. The topological polar surface area (TPSA) is 43.7 Å². The number of rotatable bonds is 3. The maximum absolute atomic E-state index is 9.65. The van der Waals surface area contributed by atoms with Crippen molar-refractivity contribution in [2.75, 3.05) is 19.7 Å². The van der Waals surface area contributed by atoms with Crippen molar-refractivity contribution in [1.82, 2.24) is 4.90 Å². The second kappa shape index (κ2) is 4.93. The molecule has 1 fully saturated rings. The second-order valence-corrected chi connectivity index (χ2v) is 6.16. The van der Waals surface area contributed by atoms with Crippen LogP contribution in [0.25, 0.3) is 0 Å². The normalized spacial score (nSPS) is 27.4. The Balaban J connectivity index is 1.95. The predicted octanol–water partition coefficient (Wildman–Crippen LogP) is 1.30. The summed E-state index contributed by atoms with van der Waals surface area (Å²) in [7, 11) is 0. The number of aliphatic hydroxyl groups is 2. The fourth-order valence-electron chi connectivity index (χ4n) is 1.92. The van der Waals surface area contributed by atoms with E-state index in [9.17, 15) is 5.11 Å². The van der Waals surface area contributed by atoms with Crippen molar-refractivity contribution < 1.29 is 10.2 Å². The van der Waals surface area contributed by atoms with Crippen LogP contribution in [-0.4, -0.2) is 40.9 Å². The molecule has 2 atom stereocenters. The smallest absolute Gasteiger partial charge is 0.0743 e. The van der Waals surface area contributed by atoms with Gasteiger partial charge in [0, 0.05) is 32.2 Å². The molecule has 0 aromatic carbocycles. The molecule has 1 aliphatic heterocycles. The number of aliphatic hydroxyl groups excluding tert-OH is 2. The Morgan fingerprint density at radius 1 is 1.53 bits per heavy atom. The van der Waals surface area contributed by atoms with E-state index in [1.807, 2.05) is 0 Å². The van der Waals surface area contributed by atoms with E-state index in [1.165, 1.54) is 5.56 Å². The highest BCUT2D eigenvalue weighted by atomic mass is 79.9. The molecule has 1 saturated heterocycles. The summed E-state index contributed by atoms with van der Waals surface area (Å²) in [6.45, 7) is 2.35. The zero-order valence-corrected chi connectivity index (χ0v) is 10.7. The van der Waals surface area contributed by atoms with Crippen molar-refractivity contribution in [3.63, 3.8) is 0 Å². The van der Waals surface area contributed by atoms with Crippen LogP contribution in [0.3, 0.4) is 0 Å². The van der Waals surface area contributed by atoms with Crippen LogP contribution < -0.4 is 0 Å². The first-order valence-electron chi connectivity index (χ1n) is 4.94. The molecule has 0 radical (unpaired) electrons. The number of thiophene rings is 1. The summed E-state index contributed by atoms with van der Waals surface area (Å²) in [6.07, 6.45) is -0.382. The van der Waals surface area contributed by atoms with E-state index in [1.54, 1.807) is 11.3 Å². The van der Waals surface area contributed by atoms with Gasteiger partial charge in [-0.2, -0.15) is 0 Å². The van der Waals surface area contributed by atoms with Gasteiger partial charge in [0.2, 0.25) is 0 Å². The molecule has 0 bridgehead atoms. The van der Waals surface area contributed by atoms with Crippen LogP contribution in [0.15, 0.2) is 15.2 Å². The molecule has 84 valence electrons. The molecule has 2 heterocycles. The number of hydrogen-bond donors (Lipinski definition) is 2. The Hall–Kier alpha value is 0.0600. The average molecular weight is 292 g/mol. The second-order valence-electron chi connectivity index (χ2n) is 3.92. The van der Waals surface area contributed by atoms with Gasteiger partial charge in [0.05, 0.1) is 9.89 Å². The lowest BCUT2D eigenvalue weighted by atomic mass is 10.1. The number of hydrogen-bond acceptors (Lipinski definition) is 4. The highest BCUT2D eigenvalue weighted by molar-refractivity contribution is 9.11. The fourth-order valence-corrected chi connectivity index (χ4v) is 3.14. The maximum atomic E-state index is 9.65. The Bertz CT molecular complexity index is 331. The van der Waals surface area contributed by atoms with E-state index in [0.29, 0.717) is 6.54 Å². The molecule has 0 saturated carbocycles. The van der Waals surface area contributed by atoms with Crippen LogP contribution in [0.5, 0.6) is 0 Å². The minimum Gasteiger partial charge on any atom is -0.396 e. The van der Waals surface area contributed by atoms with Gasteiger partial charge in [-0.15, -0.1) is 11.3 Å². The average Bonchev–Trinajstić information content (AvgIpc) is 2.75. The van der Waals surface area contributed by atoms with Gasteiger partial charge in [0.1, 0.15) is 0 Å². The molecule has 1 aromatic rings. The van der Waals surface area contributed by atoms with E-state index in [-0.39, 0.29) is 18.6 Å². The van der Waals surface area contributed by atoms with Gasteiger partial charge in [-0.05, 0) is 32.9 Å². The lowest BCUT2D eigenvalue weighted by Crippen LogP contribution is -2.21. The van der Waals surface area contributed by atoms with Gasteiger partial charge in [-0.1, -0.05) is 0 Å². The minimum atomic E-state index is -0.382. The van der Waals surface area contributed by atoms with E-state index < -0.39 is 0 Å². The zero-order valence-electron chi connectivity index (χ0n) is 8.27. The van der Waals surface area contributed by atoms with Crippen molar-refractivity contribution in [3.8, 4) is 0 Å². The predicted molar refractivity (Wildman–Crippen MR) is 63.9 cm³/mol. The molecule has 3 nitrogen and oxygen atoms in total. The highest BCUT2D eigenvalue weighted by Gasteiger charge is 2.30. The molecule has 1 aliphatic rings. The van der Waals surface area contributed by atoms with Crippen molar-refractivity contribution in [3.05, 3.63) is 20.8 Å². The Morgan fingerprint density at radius 3 is 2.87 bits per heavy atom. The highest BCUT2D eigenvalue weighted by Crippen LogP contribution is 2.26. The van der Waals surface area contributed by atoms with E-state index in [2.05, 4.69) is 32.3 Å². The van der Waals surface area contributed by atoms with Gasteiger partial charge in [0.25, 0.3) is 0 Å². The van der Waals surface area contributed by atoms with Gasteiger partial charge in [0.15, 0.2) is 0 Å². The fraction of sp³-hybridized carbons (Fsp3) is 0.600. The largest absolute Gasteiger partial charge is 0.396 e. The first kappa shape index (κ1) is 11.5. The van der Waals surface area contributed by atoms with Crippen molar-refractivity contribution >= 4 is 27.3 Å². The Kier molecular flexibility index (Phi) is 3.79. The molecule has 0 spiro atoms. The molecule has 2 N–H and O–H groups in total. The van der Waals surface area contributed by atoms with Crippen LogP contribution in [0.1, 0.15) is 5.56 Å². The molecule has 2 unspecified atom stereocenters. The van der Waals surface area contributed by atoms with E-state index >= 15 is 0 Å². The van der Waals surface area contributed by atoms with Gasteiger partial charge >= 0.3 is 0 Å². The molecule has 0 aliphatic carbocycles. The van der Waals surface area contributed by atoms with Crippen LogP contribution >= 0.6 is 27.3 Å². The molecule has 2 rings (SSSR count). The molecule has 5 heteroatoms. The van der Waals surface area contributed by atoms with Gasteiger partial charge < -0.3 is 10.2 Å². The third-order valence-corrected chi connectivity index (χ3v) is 4.62. The minimum absolute atomic E-state index is 0.0161. The third kappa shape index (κ3) is 2.60. The van der Waals surface area contributed by atoms with E-state index in [4.69, 9.17) is 5.11 Å². The lowest BCUT2D eigenvalue weighted by molar-refractivity contribution is 0.103. The van der Waals surface area contributed by atoms with Gasteiger partial charge in [-0.25, -0.2) is 0 Å². The summed E-state index contributed by atoms with van der Waals surface area (Å²) >= 11 is 5.17. The van der Waals surface area contributed by atoms with Crippen LogP contribution in [0, 0.1) is 5.92 Å². The zero-order chi connectivity index (χ0) is 10.8. The van der Waals surface area contributed by atoms with Crippen molar-refractivity contribution in [2.45, 2.75) is 12.6 Å². The SMILES string of the molecule is OCC1CN(Cc2ccsc2Br)CC1O. The van der Waals surface area contributed by atoms with Crippen LogP contribution in [0.2, 0.25) is 0 Å². The first-order chi connectivity index (χ1) is 7.20. The Morgan fingerprint density at radius 2 is 2.33 bits per heavy atom. The first-order valence-corrected chi connectivity index (χ1v) is 6.61. The summed E-state index contributed by atoms with van der Waals surface area (Å²) in [5.41, 5.74) is 1.26. The molecular formula is C10H14BrNO2S. The third-order valence-electron chi connectivity index (χ3n) is 2.80. The molecule has 0 amide bonds. The van der Waals surface area contributed by atoms with E-state index in [0.717, 1.165) is 16.9 Å². The molecule has 1 aromatic heterocycles. The lowest BCUT2D eigenvalue weighted by Gasteiger charge is -2.14. The summed E-state index contributed by atoms with van der Waals surface area (Å²) in [6, 6.07) is 2.09. The summed E-state index contributed by atoms with van der Waals surface area (Å²) in [5.74, 6) is 0.0161. The summed E-state index contributed by atoms with van der Waals surface area (Å²) < 4.78 is 1.16. The summed E-state index contributed by atoms with van der Waals surface area (Å²) in [4.78, 5) is 2.18. The molecule has 15 heavy (non-hydrogen) atoms. The Labute approximate surface area is 101 Å². The van der Waals surface area contributed by atoms with Crippen molar-refractivity contribution in [1.29, 1.82) is 0 Å². The number of likely N-dealkylation sites (tertiary alicyclic amines) is 1. The van der Waals surface area contributed by atoms with Crippen molar-refractivity contribution in [2.24, 2.45) is 5.92 Å². The maximum Gasteiger partial charge on any atom is 0.0743 e. The molecular weight excluding hydrogens is 278 g/mol.